The Bertz CT molecular complexity index is 897. The molecule has 2 aromatic carbocycles. The summed E-state index contributed by atoms with van der Waals surface area (Å²) in [5.41, 5.74) is 2.59. The van der Waals surface area contributed by atoms with Crippen LogP contribution in [0.3, 0.4) is 0 Å². The van der Waals surface area contributed by atoms with Crippen molar-refractivity contribution in [2.24, 2.45) is 0 Å². The lowest BCUT2D eigenvalue weighted by molar-refractivity contribution is 0.187. The minimum absolute atomic E-state index is 0.189. The van der Waals surface area contributed by atoms with Gasteiger partial charge >= 0.3 is 0 Å². The number of aromatic nitrogens is 2. The van der Waals surface area contributed by atoms with Crippen LogP contribution in [0.15, 0.2) is 36.4 Å². The fraction of sp³-hybridized carbons (Fsp3) is 0.278. The van der Waals surface area contributed by atoms with E-state index in [0.717, 1.165) is 29.9 Å². The minimum atomic E-state index is -0.270. The molecule has 6 heteroatoms. The number of hydrogen-bond donors (Lipinski definition) is 2. The molecule has 0 radical (unpaired) electrons. The zero-order valence-electron chi connectivity index (χ0n) is 13.3. The molecule has 0 spiro atoms. The summed E-state index contributed by atoms with van der Waals surface area (Å²) >= 11 is 0. The number of phenols is 2. The summed E-state index contributed by atoms with van der Waals surface area (Å²) < 4.78 is 12.8. The molecule has 0 saturated carbocycles. The summed E-state index contributed by atoms with van der Waals surface area (Å²) in [6.45, 7) is 1.36. The number of para-hydroxylation sites is 2. The summed E-state index contributed by atoms with van der Waals surface area (Å²) in [4.78, 5) is 4.73. The van der Waals surface area contributed by atoms with Crippen LogP contribution in [0.2, 0.25) is 0 Å². The monoisotopic (exact) mass is 326 g/mol. The van der Waals surface area contributed by atoms with Gasteiger partial charge in [0.05, 0.1) is 30.8 Å². The van der Waals surface area contributed by atoms with Crippen molar-refractivity contribution in [3.63, 3.8) is 0 Å². The first-order valence-corrected chi connectivity index (χ1v) is 7.84. The summed E-state index contributed by atoms with van der Waals surface area (Å²) in [6.07, 6.45) is 0.911. The Balaban J connectivity index is 1.96. The lowest BCUT2D eigenvalue weighted by Gasteiger charge is -2.16. The molecule has 24 heavy (non-hydrogen) atoms. The number of imidazole rings is 1. The number of methoxy groups -OCH3 is 1. The second-order valence-corrected chi connectivity index (χ2v) is 5.86. The van der Waals surface area contributed by atoms with Gasteiger partial charge in [-0.25, -0.2) is 4.98 Å². The van der Waals surface area contributed by atoms with Crippen molar-refractivity contribution in [2.75, 3.05) is 20.3 Å². The van der Waals surface area contributed by atoms with E-state index in [2.05, 4.69) is 4.57 Å². The predicted molar refractivity (Wildman–Crippen MR) is 89.5 cm³/mol. The van der Waals surface area contributed by atoms with Crippen LogP contribution in [-0.2, 0) is 4.74 Å². The van der Waals surface area contributed by atoms with Crippen LogP contribution in [-0.4, -0.2) is 40.1 Å². The second kappa shape index (κ2) is 5.72. The molecule has 2 N–H and O–H groups in total. The molecule has 1 fully saturated rings. The highest BCUT2D eigenvalue weighted by atomic mass is 16.5. The minimum Gasteiger partial charge on any atom is -0.504 e. The number of aromatic hydroxyl groups is 2. The maximum Gasteiger partial charge on any atom is 0.200 e. The second-order valence-electron chi connectivity index (χ2n) is 5.86. The molecular weight excluding hydrogens is 308 g/mol. The molecular formula is C18H18N2O4. The summed E-state index contributed by atoms with van der Waals surface area (Å²) in [6, 6.07) is 11.3. The van der Waals surface area contributed by atoms with E-state index in [0.29, 0.717) is 12.2 Å². The molecule has 1 saturated heterocycles. The van der Waals surface area contributed by atoms with E-state index in [1.807, 2.05) is 24.3 Å². The zero-order chi connectivity index (χ0) is 16.7. The molecule has 2 heterocycles. The largest absolute Gasteiger partial charge is 0.504 e. The smallest absolute Gasteiger partial charge is 0.200 e. The molecule has 1 aromatic heterocycles. The maximum atomic E-state index is 10.0. The topological polar surface area (TPSA) is 76.7 Å². The number of hydrogen-bond acceptors (Lipinski definition) is 5. The fourth-order valence-corrected chi connectivity index (χ4v) is 3.22. The average Bonchev–Trinajstić information content (AvgIpc) is 3.23. The Hall–Kier alpha value is -2.73. The highest BCUT2D eigenvalue weighted by molar-refractivity contribution is 5.81. The Kier molecular flexibility index (Phi) is 3.54. The van der Waals surface area contributed by atoms with Crippen LogP contribution >= 0.6 is 0 Å². The van der Waals surface area contributed by atoms with E-state index < -0.39 is 0 Å². The molecule has 1 aliphatic rings. The third kappa shape index (κ3) is 2.27. The molecule has 3 aromatic rings. The summed E-state index contributed by atoms with van der Waals surface area (Å²) in [7, 11) is 1.45. The quantitative estimate of drug-likeness (QED) is 0.723. The van der Waals surface area contributed by atoms with Crippen LogP contribution in [0.1, 0.15) is 12.5 Å². The van der Waals surface area contributed by atoms with Gasteiger partial charge in [0.2, 0.25) is 5.75 Å². The number of ether oxygens (including phenoxy) is 2. The van der Waals surface area contributed by atoms with Crippen molar-refractivity contribution < 1.29 is 19.7 Å². The van der Waals surface area contributed by atoms with Crippen molar-refractivity contribution in [3.8, 4) is 28.6 Å². The van der Waals surface area contributed by atoms with E-state index in [-0.39, 0.29) is 23.3 Å². The standard InChI is InChI=1S/C18H18N2O4/c1-23-16-9-11(8-15(21)17(16)22)18-19-13-4-2-3-5-14(13)20(18)12-6-7-24-10-12/h2-5,8-9,12,21-22H,6-7,10H2,1H3. The van der Waals surface area contributed by atoms with Crippen LogP contribution in [0, 0.1) is 0 Å². The van der Waals surface area contributed by atoms with Gasteiger partial charge < -0.3 is 24.3 Å². The van der Waals surface area contributed by atoms with Gasteiger partial charge in [0.1, 0.15) is 5.82 Å². The molecule has 0 bridgehead atoms. The van der Waals surface area contributed by atoms with Crippen molar-refractivity contribution in [1.82, 2.24) is 9.55 Å². The lowest BCUT2D eigenvalue weighted by Crippen LogP contribution is -2.10. The fourth-order valence-electron chi connectivity index (χ4n) is 3.22. The Morgan fingerprint density at radius 1 is 1.25 bits per heavy atom. The summed E-state index contributed by atoms with van der Waals surface area (Å²) in [5, 5.41) is 19.9. The Labute approximate surface area is 138 Å². The number of rotatable bonds is 3. The molecule has 1 unspecified atom stereocenters. The van der Waals surface area contributed by atoms with Gasteiger partial charge in [0.25, 0.3) is 0 Å². The van der Waals surface area contributed by atoms with Crippen LogP contribution in [0.5, 0.6) is 17.2 Å². The highest BCUT2D eigenvalue weighted by Gasteiger charge is 2.25. The average molecular weight is 326 g/mol. The molecule has 4 rings (SSSR count). The highest BCUT2D eigenvalue weighted by Crippen LogP contribution is 2.41. The van der Waals surface area contributed by atoms with Gasteiger partial charge in [-0.1, -0.05) is 12.1 Å². The van der Waals surface area contributed by atoms with Gasteiger partial charge in [-0.05, 0) is 30.7 Å². The third-order valence-corrected chi connectivity index (χ3v) is 4.40. The van der Waals surface area contributed by atoms with Gasteiger partial charge in [0.15, 0.2) is 11.5 Å². The van der Waals surface area contributed by atoms with E-state index in [1.165, 1.54) is 13.2 Å². The Morgan fingerprint density at radius 2 is 2.08 bits per heavy atom. The normalized spacial score (nSPS) is 17.5. The maximum absolute atomic E-state index is 10.0. The lowest BCUT2D eigenvalue weighted by atomic mass is 10.1. The molecule has 0 amide bonds. The first-order valence-electron chi connectivity index (χ1n) is 7.84. The molecule has 1 aliphatic heterocycles. The number of nitrogens with zero attached hydrogens (tertiary/aromatic N) is 2. The number of benzene rings is 2. The SMILES string of the molecule is COc1cc(-c2nc3ccccc3n2C2CCOC2)cc(O)c1O. The molecule has 6 nitrogen and oxygen atoms in total. The molecule has 124 valence electrons. The van der Waals surface area contributed by atoms with Gasteiger partial charge in [-0.15, -0.1) is 0 Å². The summed E-state index contributed by atoms with van der Waals surface area (Å²) in [5.74, 6) is 0.435. The molecule has 1 atom stereocenters. The van der Waals surface area contributed by atoms with E-state index in [4.69, 9.17) is 14.5 Å². The van der Waals surface area contributed by atoms with Crippen molar-refractivity contribution in [2.45, 2.75) is 12.5 Å². The van der Waals surface area contributed by atoms with Gasteiger partial charge in [0, 0.05) is 12.2 Å². The van der Waals surface area contributed by atoms with Gasteiger partial charge in [-0.3, -0.25) is 0 Å². The van der Waals surface area contributed by atoms with E-state index >= 15 is 0 Å². The first kappa shape index (κ1) is 14.8. The van der Waals surface area contributed by atoms with Crippen molar-refractivity contribution in [1.29, 1.82) is 0 Å². The molecule has 0 aliphatic carbocycles. The van der Waals surface area contributed by atoms with Crippen molar-refractivity contribution in [3.05, 3.63) is 36.4 Å². The van der Waals surface area contributed by atoms with E-state index in [1.54, 1.807) is 6.07 Å². The van der Waals surface area contributed by atoms with E-state index in [9.17, 15) is 10.2 Å². The van der Waals surface area contributed by atoms with Crippen LogP contribution < -0.4 is 4.74 Å². The Morgan fingerprint density at radius 3 is 2.83 bits per heavy atom. The van der Waals surface area contributed by atoms with Crippen LogP contribution in [0.4, 0.5) is 0 Å². The first-order chi connectivity index (χ1) is 11.7. The van der Waals surface area contributed by atoms with Crippen LogP contribution in [0.25, 0.3) is 22.4 Å². The number of phenolic OH excluding ortho intramolecular Hbond substituents is 2. The van der Waals surface area contributed by atoms with Gasteiger partial charge in [-0.2, -0.15) is 0 Å². The van der Waals surface area contributed by atoms with Crippen molar-refractivity contribution >= 4 is 11.0 Å². The number of fused-ring (bicyclic) bond motifs is 1. The third-order valence-electron chi connectivity index (χ3n) is 4.40. The predicted octanol–water partition coefficient (Wildman–Crippen LogP) is 3.08. The zero-order valence-corrected chi connectivity index (χ0v) is 13.3.